The van der Waals surface area contributed by atoms with Crippen LogP contribution in [0.3, 0.4) is 0 Å². The molecule has 0 amide bonds. The number of rotatable bonds is 5. The topological polar surface area (TPSA) is 3.24 Å². The Kier molecular flexibility index (Phi) is 3.86. The highest BCUT2D eigenvalue weighted by Gasteiger charge is 2.29. The molecule has 15 heavy (non-hydrogen) atoms. The van der Waals surface area contributed by atoms with Gasteiger partial charge in [0.05, 0.1) is 3.79 Å². The average Bonchev–Trinajstić information content (AvgIpc) is 2.90. The van der Waals surface area contributed by atoms with Crippen molar-refractivity contribution >= 4 is 27.3 Å². The van der Waals surface area contributed by atoms with Crippen molar-refractivity contribution in [2.75, 3.05) is 6.54 Å². The molecule has 1 aliphatic carbocycles. The Labute approximate surface area is 105 Å². The summed E-state index contributed by atoms with van der Waals surface area (Å²) < 4.78 is 1.25. The first-order valence-corrected chi connectivity index (χ1v) is 7.24. The summed E-state index contributed by atoms with van der Waals surface area (Å²) in [5.41, 5.74) is 0. The average molecular weight is 288 g/mol. The molecule has 0 aliphatic heterocycles. The Balaban J connectivity index is 1.94. The number of hydrogen-bond donors (Lipinski definition) is 0. The number of halogens is 1. The van der Waals surface area contributed by atoms with Crippen molar-refractivity contribution in [1.82, 2.24) is 4.90 Å². The van der Waals surface area contributed by atoms with Gasteiger partial charge in [-0.15, -0.1) is 11.3 Å². The highest BCUT2D eigenvalue weighted by atomic mass is 79.9. The van der Waals surface area contributed by atoms with E-state index in [-0.39, 0.29) is 0 Å². The van der Waals surface area contributed by atoms with E-state index in [1.54, 1.807) is 0 Å². The third-order valence-electron chi connectivity index (χ3n) is 2.65. The summed E-state index contributed by atoms with van der Waals surface area (Å²) in [6.45, 7) is 6.98. The van der Waals surface area contributed by atoms with Crippen molar-refractivity contribution in [3.05, 3.63) is 20.8 Å². The van der Waals surface area contributed by atoms with Crippen LogP contribution >= 0.6 is 27.3 Å². The van der Waals surface area contributed by atoms with E-state index in [1.807, 2.05) is 11.3 Å². The molecular formula is C12H18BrNS. The second-order valence-electron chi connectivity index (χ2n) is 4.76. The van der Waals surface area contributed by atoms with E-state index in [4.69, 9.17) is 0 Å². The zero-order valence-electron chi connectivity index (χ0n) is 9.37. The second-order valence-corrected chi connectivity index (χ2v) is 7.31. The van der Waals surface area contributed by atoms with Gasteiger partial charge in [0.15, 0.2) is 0 Å². The molecule has 0 radical (unpaired) electrons. The first kappa shape index (κ1) is 11.6. The lowest BCUT2D eigenvalue weighted by atomic mass is 10.2. The molecule has 0 spiro atoms. The van der Waals surface area contributed by atoms with Gasteiger partial charge < -0.3 is 0 Å². The van der Waals surface area contributed by atoms with Crippen molar-refractivity contribution in [2.24, 2.45) is 5.92 Å². The molecule has 1 fully saturated rings. The van der Waals surface area contributed by atoms with Crippen molar-refractivity contribution in [3.8, 4) is 0 Å². The smallest absolute Gasteiger partial charge is 0.0701 e. The predicted molar refractivity (Wildman–Crippen MR) is 70.3 cm³/mol. The third-order valence-corrected chi connectivity index (χ3v) is 4.26. The lowest BCUT2D eigenvalue weighted by molar-refractivity contribution is 0.228. The van der Waals surface area contributed by atoms with Gasteiger partial charge in [-0.2, -0.15) is 0 Å². The van der Waals surface area contributed by atoms with E-state index in [9.17, 15) is 0 Å². The van der Waals surface area contributed by atoms with Crippen molar-refractivity contribution in [3.63, 3.8) is 0 Å². The normalized spacial score (nSPS) is 16.6. The molecule has 1 aromatic rings. The van der Waals surface area contributed by atoms with Crippen LogP contribution in [0.1, 0.15) is 31.6 Å². The molecule has 0 unspecified atom stereocenters. The van der Waals surface area contributed by atoms with Crippen molar-refractivity contribution in [1.29, 1.82) is 0 Å². The Morgan fingerprint density at radius 3 is 2.67 bits per heavy atom. The van der Waals surface area contributed by atoms with Crippen LogP contribution in [0.25, 0.3) is 0 Å². The van der Waals surface area contributed by atoms with E-state index < -0.39 is 0 Å². The van der Waals surface area contributed by atoms with Crippen LogP contribution in [0, 0.1) is 5.92 Å². The molecule has 1 aliphatic rings. The quantitative estimate of drug-likeness (QED) is 0.787. The SMILES string of the molecule is CC(C)CN(Cc1ccc(Br)s1)C1CC1. The van der Waals surface area contributed by atoms with Crippen LogP contribution in [0.15, 0.2) is 15.9 Å². The lowest BCUT2D eigenvalue weighted by Gasteiger charge is -2.23. The molecular weight excluding hydrogens is 270 g/mol. The molecule has 1 aromatic heterocycles. The Morgan fingerprint density at radius 1 is 1.47 bits per heavy atom. The first-order valence-electron chi connectivity index (χ1n) is 5.63. The molecule has 1 heterocycles. The van der Waals surface area contributed by atoms with Gasteiger partial charge in [-0.1, -0.05) is 13.8 Å². The molecule has 0 saturated heterocycles. The van der Waals surface area contributed by atoms with Gasteiger partial charge in [0, 0.05) is 24.0 Å². The zero-order valence-corrected chi connectivity index (χ0v) is 11.8. The van der Waals surface area contributed by atoms with Crippen LogP contribution < -0.4 is 0 Å². The molecule has 3 heteroatoms. The van der Waals surface area contributed by atoms with Gasteiger partial charge in [-0.3, -0.25) is 4.90 Å². The van der Waals surface area contributed by atoms with E-state index in [0.717, 1.165) is 18.5 Å². The molecule has 0 bridgehead atoms. The molecule has 2 rings (SSSR count). The summed E-state index contributed by atoms with van der Waals surface area (Å²) in [5.74, 6) is 0.772. The van der Waals surface area contributed by atoms with E-state index >= 15 is 0 Å². The van der Waals surface area contributed by atoms with Crippen molar-refractivity contribution in [2.45, 2.75) is 39.3 Å². The predicted octanol–water partition coefficient (Wildman–Crippen LogP) is 4.13. The zero-order chi connectivity index (χ0) is 10.8. The fourth-order valence-electron chi connectivity index (χ4n) is 1.89. The molecule has 84 valence electrons. The molecule has 1 nitrogen and oxygen atoms in total. The van der Waals surface area contributed by atoms with Gasteiger partial charge >= 0.3 is 0 Å². The molecule has 0 N–H and O–H groups in total. The van der Waals surface area contributed by atoms with Gasteiger partial charge in [0.2, 0.25) is 0 Å². The summed E-state index contributed by atoms with van der Waals surface area (Å²) in [6, 6.07) is 5.26. The second kappa shape index (κ2) is 4.98. The maximum Gasteiger partial charge on any atom is 0.0701 e. The first-order chi connectivity index (χ1) is 7.15. The lowest BCUT2D eigenvalue weighted by Crippen LogP contribution is -2.29. The maximum absolute atomic E-state index is 3.53. The Hall–Kier alpha value is 0.140. The summed E-state index contributed by atoms with van der Waals surface area (Å²) in [4.78, 5) is 4.12. The van der Waals surface area contributed by atoms with Gasteiger partial charge in [0.1, 0.15) is 0 Å². The Morgan fingerprint density at radius 2 is 2.20 bits per heavy atom. The van der Waals surface area contributed by atoms with E-state index in [2.05, 4.69) is 46.8 Å². The molecule has 0 atom stereocenters. The van der Waals surface area contributed by atoms with Crippen molar-refractivity contribution < 1.29 is 0 Å². The van der Waals surface area contributed by atoms with Crippen LogP contribution in [0.2, 0.25) is 0 Å². The van der Waals surface area contributed by atoms with Gasteiger partial charge in [0.25, 0.3) is 0 Å². The summed E-state index contributed by atoms with van der Waals surface area (Å²) >= 11 is 5.39. The third kappa shape index (κ3) is 3.58. The minimum absolute atomic E-state index is 0.772. The standard InChI is InChI=1S/C12H18BrNS/c1-9(2)7-14(10-3-4-10)8-11-5-6-12(13)15-11/h5-6,9-10H,3-4,7-8H2,1-2H3. The fraction of sp³-hybridized carbons (Fsp3) is 0.667. The highest BCUT2D eigenvalue weighted by Crippen LogP contribution is 2.31. The minimum atomic E-state index is 0.772. The highest BCUT2D eigenvalue weighted by molar-refractivity contribution is 9.11. The fourth-order valence-corrected chi connectivity index (χ4v) is 3.40. The van der Waals surface area contributed by atoms with E-state index in [1.165, 1.54) is 28.0 Å². The molecule has 0 aromatic carbocycles. The van der Waals surface area contributed by atoms with Crippen LogP contribution in [0.4, 0.5) is 0 Å². The van der Waals surface area contributed by atoms with E-state index in [0.29, 0.717) is 0 Å². The van der Waals surface area contributed by atoms with Gasteiger partial charge in [-0.05, 0) is 46.8 Å². The van der Waals surface area contributed by atoms with Gasteiger partial charge in [-0.25, -0.2) is 0 Å². The number of thiophene rings is 1. The maximum atomic E-state index is 3.53. The van der Waals surface area contributed by atoms with Crippen LogP contribution in [-0.2, 0) is 6.54 Å². The number of hydrogen-bond acceptors (Lipinski definition) is 2. The van der Waals surface area contributed by atoms with Crippen LogP contribution in [0.5, 0.6) is 0 Å². The largest absolute Gasteiger partial charge is 0.295 e. The monoisotopic (exact) mass is 287 g/mol. The molecule has 1 saturated carbocycles. The minimum Gasteiger partial charge on any atom is -0.295 e. The number of nitrogens with zero attached hydrogens (tertiary/aromatic N) is 1. The summed E-state index contributed by atoms with van der Waals surface area (Å²) in [7, 11) is 0. The summed E-state index contributed by atoms with van der Waals surface area (Å²) in [6.07, 6.45) is 2.80. The van der Waals surface area contributed by atoms with Crippen LogP contribution in [-0.4, -0.2) is 17.5 Å². The Bertz CT molecular complexity index is 317. The summed E-state index contributed by atoms with van der Waals surface area (Å²) in [5, 5.41) is 0.